The van der Waals surface area contributed by atoms with E-state index in [1.54, 1.807) is 0 Å². The van der Waals surface area contributed by atoms with Gasteiger partial charge < -0.3 is 10.4 Å². The van der Waals surface area contributed by atoms with E-state index in [1.807, 2.05) is 0 Å². The zero-order valence-electron chi connectivity index (χ0n) is 6.45. The highest BCUT2D eigenvalue weighted by Crippen LogP contribution is 2.20. The summed E-state index contributed by atoms with van der Waals surface area (Å²) in [7, 11) is 0. The maximum Gasteiger partial charge on any atom is 0.337 e. The van der Waals surface area contributed by atoms with Gasteiger partial charge >= 0.3 is 5.97 Å². The number of anilines is 1. The van der Waals surface area contributed by atoms with Crippen LogP contribution in [0.4, 0.5) is 5.69 Å². The van der Waals surface area contributed by atoms with Crippen molar-refractivity contribution in [3.63, 3.8) is 0 Å². The molecule has 2 N–H and O–H groups in total. The van der Waals surface area contributed by atoms with Crippen molar-refractivity contribution >= 4 is 29.7 Å². The van der Waals surface area contributed by atoms with Crippen LogP contribution in [-0.4, -0.2) is 17.5 Å². The highest BCUT2D eigenvalue weighted by molar-refractivity contribution is 6.33. The second-order valence-electron chi connectivity index (χ2n) is 2.26. The summed E-state index contributed by atoms with van der Waals surface area (Å²) in [5.74, 6) is -1.09. The molecule has 68 valence electrons. The van der Waals surface area contributed by atoms with Gasteiger partial charge in [-0.1, -0.05) is 11.6 Å². The number of amides is 1. The van der Waals surface area contributed by atoms with Gasteiger partial charge in [0.2, 0.25) is 6.41 Å². The topological polar surface area (TPSA) is 66.4 Å². The van der Waals surface area contributed by atoms with E-state index < -0.39 is 5.97 Å². The van der Waals surface area contributed by atoms with Crippen LogP contribution in [0.1, 0.15) is 10.4 Å². The van der Waals surface area contributed by atoms with Crippen molar-refractivity contribution < 1.29 is 14.7 Å². The fourth-order valence-corrected chi connectivity index (χ4v) is 1.11. The fourth-order valence-electron chi connectivity index (χ4n) is 0.846. The molecule has 0 radical (unpaired) electrons. The van der Waals surface area contributed by atoms with Crippen molar-refractivity contribution in [2.75, 3.05) is 5.32 Å². The van der Waals surface area contributed by atoms with Crippen LogP contribution in [0.5, 0.6) is 0 Å². The first-order valence-electron chi connectivity index (χ1n) is 3.38. The maximum atomic E-state index is 10.5. The monoisotopic (exact) mass is 199 g/mol. The van der Waals surface area contributed by atoms with Crippen LogP contribution >= 0.6 is 11.6 Å². The molecule has 0 atom stereocenters. The molecule has 0 fully saturated rings. The molecule has 0 aromatic heterocycles. The number of carboxylic acid groups (broad SMARTS) is 1. The van der Waals surface area contributed by atoms with E-state index >= 15 is 0 Å². The number of carbonyl (C=O) groups is 2. The summed E-state index contributed by atoms with van der Waals surface area (Å²) < 4.78 is 0. The second kappa shape index (κ2) is 3.91. The molecule has 0 saturated heterocycles. The van der Waals surface area contributed by atoms with E-state index in [2.05, 4.69) is 5.32 Å². The smallest absolute Gasteiger partial charge is 0.337 e. The molecule has 0 aliphatic heterocycles. The third-order valence-corrected chi connectivity index (χ3v) is 1.74. The maximum absolute atomic E-state index is 10.5. The highest BCUT2D eigenvalue weighted by Gasteiger charge is 2.07. The van der Waals surface area contributed by atoms with Crippen LogP contribution in [-0.2, 0) is 4.79 Å². The van der Waals surface area contributed by atoms with Gasteiger partial charge in [0.1, 0.15) is 0 Å². The molecule has 0 unspecified atom stereocenters. The van der Waals surface area contributed by atoms with E-state index in [1.165, 1.54) is 18.2 Å². The quantitative estimate of drug-likeness (QED) is 0.727. The van der Waals surface area contributed by atoms with Crippen molar-refractivity contribution in [2.24, 2.45) is 0 Å². The standard InChI is InChI=1S/C8H6ClNO3/c9-7-3-5(10-4-11)1-2-6(7)8(12)13/h1-4H,(H,10,11)(H,12,13). The van der Waals surface area contributed by atoms with E-state index in [0.717, 1.165) is 0 Å². The lowest BCUT2D eigenvalue weighted by Gasteiger charge is -2.01. The Hall–Kier alpha value is -1.55. The van der Waals surface area contributed by atoms with Crippen LogP contribution < -0.4 is 5.32 Å². The first kappa shape index (κ1) is 9.54. The largest absolute Gasteiger partial charge is 0.478 e. The molecule has 5 heteroatoms. The molecule has 0 heterocycles. The molecule has 4 nitrogen and oxygen atoms in total. The van der Waals surface area contributed by atoms with Crippen LogP contribution in [0.2, 0.25) is 5.02 Å². The summed E-state index contributed by atoms with van der Waals surface area (Å²) in [5, 5.41) is 11.1. The number of hydrogen-bond donors (Lipinski definition) is 2. The lowest BCUT2D eigenvalue weighted by atomic mass is 10.2. The second-order valence-corrected chi connectivity index (χ2v) is 2.67. The van der Waals surface area contributed by atoms with E-state index in [0.29, 0.717) is 12.1 Å². The van der Waals surface area contributed by atoms with Crippen LogP contribution in [0.25, 0.3) is 0 Å². The minimum atomic E-state index is -1.09. The Balaban J connectivity index is 3.05. The minimum absolute atomic E-state index is 0.0121. The van der Waals surface area contributed by atoms with E-state index in [-0.39, 0.29) is 10.6 Å². The number of carbonyl (C=O) groups excluding carboxylic acids is 1. The molecule has 0 bridgehead atoms. The Morgan fingerprint density at radius 2 is 2.23 bits per heavy atom. The summed E-state index contributed by atoms with van der Waals surface area (Å²) in [5.41, 5.74) is 0.475. The summed E-state index contributed by atoms with van der Waals surface area (Å²) >= 11 is 5.62. The number of rotatable bonds is 3. The predicted molar refractivity (Wildman–Crippen MR) is 48.1 cm³/mol. The Bertz CT molecular complexity index is 351. The predicted octanol–water partition coefficient (Wildman–Crippen LogP) is 1.61. The van der Waals surface area contributed by atoms with Crippen molar-refractivity contribution in [2.45, 2.75) is 0 Å². The van der Waals surface area contributed by atoms with Crippen LogP contribution in [0.15, 0.2) is 18.2 Å². The minimum Gasteiger partial charge on any atom is -0.478 e. The summed E-state index contributed by atoms with van der Waals surface area (Å²) in [6.45, 7) is 0. The SMILES string of the molecule is O=CNc1ccc(C(=O)O)c(Cl)c1. The Kier molecular flexibility index (Phi) is 2.87. The number of hydrogen-bond acceptors (Lipinski definition) is 2. The summed E-state index contributed by atoms with van der Waals surface area (Å²) in [6.07, 6.45) is 0.492. The number of carboxylic acids is 1. The Morgan fingerprint density at radius 1 is 1.54 bits per heavy atom. The molecule has 0 aliphatic carbocycles. The highest BCUT2D eigenvalue weighted by atomic mass is 35.5. The Labute approximate surface area is 79.1 Å². The number of aromatic carboxylic acids is 1. The van der Waals surface area contributed by atoms with Crippen molar-refractivity contribution in [1.82, 2.24) is 0 Å². The normalized spacial score (nSPS) is 9.31. The molecule has 0 aliphatic rings. The fraction of sp³-hybridized carbons (Fsp3) is 0. The third kappa shape index (κ3) is 2.19. The zero-order chi connectivity index (χ0) is 9.84. The van der Waals surface area contributed by atoms with Gasteiger partial charge in [-0.25, -0.2) is 4.79 Å². The van der Waals surface area contributed by atoms with E-state index in [9.17, 15) is 9.59 Å². The Morgan fingerprint density at radius 3 is 2.69 bits per heavy atom. The van der Waals surface area contributed by atoms with Crippen LogP contribution in [0.3, 0.4) is 0 Å². The van der Waals surface area contributed by atoms with Gasteiger partial charge in [0.05, 0.1) is 10.6 Å². The van der Waals surface area contributed by atoms with Gasteiger partial charge in [-0.15, -0.1) is 0 Å². The average Bonchev–Trinajstić information content (AvgIpc) is 2.04. The lowest BCUT2D eigenvalue weighted by Crippen LogP contribution is -1.99. The summed E-state index contributed by atoms with van der Waals surface area (Å²) in [6, 6.07) is 4.17. The molecule has 0 saturated carbocycles. The van der Waals surface area contributed by atoms with Crippen molar-refractivity contribution in [3.05, 3.63) is 28.8 Å². The van der Waals surface area contributed by atoms with Crippen molar-refractivity contribution in [1.29, 1.82) is 0 Å². The average molecular weight is 200 g/mol. The van der Waals surface area contributed by atoms with E-state index in [4.69, 9.17) is 16.7 Å². The van der Waals surface area contributed by atoms with Crippen LogP contribution in [0, 0.1) is 0 Å². The van der Waals surface area contributed by atoms with Crippen molar-refractivity contribution in [3.8, 4) is 0 Å². The third-order valence-electron chi connectivity index (χ3n) is 1.43. The van der Waals surface area contributed by atoms with Gasteiger partial charge in [-0.3, -0.25) is 4.79 Å². The molecule has 1 aromatic rings. The van der Waals surface area contributed by atoms with Gasteiger partial charge in [-0.05, 0) is 18.2 Å². The molecule has 1 amide bonds. The first-order valence-corrected chi connectivity index (χ1v) is 3.76. The van der Waals surface area contributed by atoms with Gasteiger partial charge in [0.15, 0.2) is 0 Å². The van der Waals surface area contributed by atoms with Gasteiger partial charge in [0.25, 0.3) is 0 Å². The lowest BCUT2D eigenvalue weighted by molar-refractivity contribution is -0.105. The molecule has 13 heavy (non-hydrogen) atoms. The summed E-state index contributed by atoms with van der Waals surface area (Å²) in [4.78, 5) is 20.6. The van der Waals surface area contributed by atoms with Gasteiger partial charge in [0, 0.05) is 5.69 Å². The first-order chi connectivity index (χ1) is 6.15. The number of nitrogens with one attached hydrogen (secondary N) is 1. The number of halogens is 1. The number of benzene rings is 1. The zero-order valence-corrected chi connectivity index (χ0v) is 7.21. The molecule has 1 aromatic carbocycles. The molecule has 0 spiro atoms. The molecular formula is C8H6ClNO3. The van der Waals surface area contributed by atoms with Gasteiger partial charge in [-0.2, -0.15) is 0 Å². The molecule has 1 rings (SSSR count). The molecular weight excluding hydrogens is 194 g/mol.